The summed E-state index contributed by atoms with van der Waals surface area (Å²) >= 11 is 3.33. The molecule has 0 radical (unpaired) electrons. The van der Waals surface area contributed by atoms with E-state index in [1.54, 1.807) is 25.6 Å². The third kappa shape index (κ3) is 4.07. The van der Waals surface area contributed by atoms with Gasteiger partial charge in [0.2, 0.25) is 0 Å². The van der Waals surface area contributed by atoms with Crippen LogP contribution in [0.4, 0.5) is 0 Å². The van der Waals surface area contributed by atoms with Crippen LogP contribution in [0.25, 0.3) is 0 Å². The van der Waals surface area contributed by atoms with Crippen LogP contribution in [0, 0.1) is 5.92 Å². The Balaban J connectivity index is 2.19. The quantitative estimate of drug-likeness (QED) is 0.874. The van der Waals surface area contributed by atoms with Crippen LogP contribution in [0.5, 0.6) is 5.75 Å². The molecule has 4 nitrogen and oxygen atoms in total. The fraction of sp³-hybridized carbons (Fsp3) is 0.294. The SMILES string of the molecule is COc1ccc(C(NC(=O)c2cncc(Br)c2)C(C)C)cc1. The van der Waals surface area contributed by atoms with Crippen molar-refractivity contribution in [2.45, 2.75) is 19.9 Å². The summed E-state index contributed by atoms with van der Waals surface area (Å²) in [6, 6.07) is 9.44. The molecular weight excluding hydrogens is 344 g/mol. The van der Waals surface area contributed by atoms with Gasteiger partial charge in [-0.1, -0.05) is 26.0 Å². The van der Waals surface area contributed by atoms with Crippen LogP contribution >= 0.6 is 15.9 Å². The van der Waals surface area contributed by atoms with Gasteiger partial charge in [-0.25, -0.2) is 0 Å². The third-order valence-corrected chi connectivity index (χ3v) is 3.83. The first kappa shape index (κ1) is 16.5. The lowest BCUT2D eigenvalue weighted by molar-refractivity contribution is 0.0925. The van der Waals surface area contributed by atoms with E-state index in [1.165, 1.54) is 0 Å². The van der Waals surface area contributed by atoms with Gasteiger partial charge in [-0.05, 0) is 45.6 Å². The van der Waals surface area contributed by atoms with E-state index in [0.29, 0.717) is 5.56 Å². The standard InChI is InChI=1S/C17H19BrN2O2/c1-11(2)16(12-4-6-15(22-3)7-5-12)20-17(21)13-8-14(18)10-19-9-13/h4-11,16H,1-3H3,(H,20,21). The zero-order chi connectivity index (χ0) is 16.1. The summed E-state index contributed by atoms with van der Waals surface area (Å²) in [5.41, 5.74) is 1.58. The van der Waals surface area contributed by atoms with Crippen molar-refractivity contribution in [1.29, 1.82) is 0 Å². The number of methoxy groups -OCH3 is 1. The number of halogens is 1. The molecule has 0 aliphatic carbocycles. The predicted molar refractivity (Wildman–Crippen MR) is 90.0 cm³/mol. The first-order valence-electron chi connectivity index (χ1n) is 7.06. The van der Waals surface area contributed by atoms with E-state index in [9.17, 15) is 4.79 Å². The smallest absolute Gasteiger partial charge is 0.253 e. The lowest BCUT2D eigenvalue weighted by atomic mass is 9.95. The van der Waals surface area contributed by atoms with Crippen molar-refractivity contribution in [3.63, 3.8) is 0 Å². The number of nitrogens with one attached hydrogen (secondary N) is 1. The average Bonchev–Trinajstić information content (AvgIpc) is 2.52. The van der Waals surface area contributed by atoms with Crippen molar-refractivity contribution in [2.24, 2.45) is 5.92 Å². The van der Waals surface area contributed by atoms with Crippen LogP contribution in [0.1, 0.15) is 35.8 Å². The second kappa shape index (κ2) is 7.40. The zero-order valence-electron chi connectivity index (χ0n) is 12.8. The lowest BCUT2D eigenvalue weighted by Crippen LogP contribution is -2.31. The molecular formula is C17H19BrN2O2. The molecule has 1 N–H and O–H groups in total. The molecule has 1 aromatic heterocycles. The molecule has 0 aliphatic heterocycles. The number of carbonyl (C=O) groups excluding carboxylic acids is 1. The van der Waals surface area contributed by atoms with Crippen molar-refractivity contribution in [3.8, 4) is 5.75 Å². The minimum atomic E-state index is -0.136. The van der Waals surface area contributed by atoms with Gasteiger partial charge in [0, 0.05) is 16.9 Å². The highest BCUT2D eigenvalue weighted by atomic mass is 79.9. The van der Waals surface area contributed by atoms with Crippen molar-refractivity contribution >= 4 is 21.8 Å². The number of hydrogen-bond donors (Lipinski definition) is 1. The third-order valence-electron chi connectivity index (χ3n) is 3.40. The van der Waals surface area contributed by atoms with Gasteiger partial charge >= 0.3 is 0 Å². The molecule has 0 spiro atoms. The summed E-state index contributed by atoms with van der Waals surface area (Å²) in [5, 5.41) is 3.07. The molecule has 22 heavy (non-hydrogen) atoms. The Morgan fingerprint density at radius 3 is 2.45 bits per heavy atom. The zero-order valence-corrected chi connectivity index (χ0v) is 14.4. The Kier molecular flexibility index (Phi) is 5.55. The second-order valence-corrected chi connectivity index (χ2v) is 6.28. The molecule has 2 aromatic rings. The molecule has 0 aliphatic rings. The van der Waals surface area contributed by atoms with Gasteiger partial charge in [0.25, 0.3) is 5.91 Å². The van der Waals surface area contributed by atoms with Gasteiger partial charge in [0.05, 0.1) is 18.7 Å². The first-order chi connectivity index (χ1) is 10.5. The summed E-state index contributed by atoms with van der Waals surface area (Å²) in [5.74, 6) is 0.926. The summed E-state index contributed by atoms with van der Waals surface area (Å²) in [6.07, 6.45) is 3.21. The molecule has 5 heteroatoms. The number of pyridine rings is 1. The minimum Gasteiger partial charge on any atom is -0.497 e. The molecule has 1 atom stereocenters. The van der Waals surface area contributed by atoms with Crippen LogP contribution < -0.4 is 10.1 Å². The highest BCUT2D eigenvalue weighted by molar-refractivity contribution is 9.10. The fourth-order valence-electron chi connectivity index (χ4n) is 2.21. The van der Waals surface area contributed by atoms with Gasteiger partial charge in [-0.2, -0.15) is 0 Å². The largest absolute Gasteiger partial charge is 0.497 e. The number of rotatable bonds is 5. The van der Waals surface area contributed by atoms with Crippen LogP contribution in [-0.4, -0.2) is 18.0 Å². The molecule has 0 fully saturated rings. The average molecular weight is 363 g/mol. The van der Waals surface area contributed by atoms with Crippen molar-refractivity contribution in [2.75, 3.05) is 7.11 Å². The Bertz CT molecular complexity index is 641. The van der Waals surface area contributed by atoms with E-state index in [-0.39, 0.29) is 17.9 Å². The van der Waals surface area contributed by atoms with Crippen LogP contribution in [0.3, 0.4) is 0 Å². The molecule has 1 unspecified atom stereocenters. The maximum Gasteiger partial charge on any atom is 0.253 e. The summed E-state index contributed by atoms with van der Waals surface area (Å²) in [7, 11) is 1.64. The van der Waals surface area contributed by atoms with Gasteiger partial charge in [-0.3, -0.25) is 9.78 Å². The minimum absolute atomic E-state index is 0.0719. The monoisotopic (exact) mass is 362 g/mol. The Labute approximate surface area is 139 Å². The molecule has 0 bridgehead atoms. The number of amides is 1. The van der Waals surface area contributed by atoms with E-state index < -0.39 is 0 Å². The lowest BCUT2D eigenvalue weighted by Gasteiger charge is -2.23. The maximum absolute atomic E-state index is 12.4. The molecule has 0 saturated carbocycles. The number of carbonyl (C=O) groups is 1. The molecule has 116 valence electrons. The topological polar surface area (TPSA) is 51.2 Å². The van der Waals surface area contributed by atoms with Gasteiger partial charge < -0.3 is 10.1 Å². The van der Waals surface area contributed by atoms with E-state index in [1.807, 2.05) is 24.3 Å². The number of nitrogens with zero attached hydrogens (tertiary/aromatic N) is 1. The van der Waals surface area contributed by atoms with E-state index in [0.717, 1.165) is 15.8 Å². The van der Waals surface area contributed by atoms with E-state index in [4.69, 9.17) is 4.74 Å². The Morgan fingerprint density at radius 2 is 1.91 bits per heavy atom. The number of benzene rings is 1. The molecule has 0 saturated heterocycles. The Morgan fingerprint density at radius 1 is 1.23 bits per heavy atom. The van der Waals surface area contributed by atoms with Crippen LogP contribution in [-0.2, 0) is 0 Å². The van der Waals surface area contributed by atoms with E-state index >= 15 is 0 Å². The normalized spacial score (nSPS) is 12.0. The molecule has 1 heterocycles. The maximum atomic E-state index is 12.4. The number of ether oxygens (including phenoxy) is 1. The van der Waals surface area contributed by atoms with Crippen molar-refractivity contribution in [1.82, 2.24) is 10.3 Å². The van der Waals surface area contributed by atoms with Crippen LogP contribution in [0.2, 0.25) is 0 Å². The first-order valence-corrected chi connectivity index (χ1v) is 7.86. The summed E-state index contributed by atoms with van der Waals surface area (Å²) < 4.78 is 5.96. The molecule has 1 aromatic carbocycles. The second-order valence-electron chi connectivity index (χ2n) is 5.36. The van der Waals surface area contributed by atoms with Crippen LogP contribution in [0.15, 0.2) is 47.2 Å². The fourth-order valence-corrected chi connectivity index (χ4v) is 2.57. The van der Waals surface area contributed by atoms with Crippen molar-refractivity contribution < 1.29 is 9.53 Å². The van der Waals surface area contributed by atoms with Gasteiger partial charge in [0.15, 0.2) is 0 Å². The van der Waals surface area contributed by atoms with E-state index in [2.05, 4.69) is 40.1 Å². The van der Waals surface area contributed by atoms with Gasteiger partial charge in [0.1, 0.15) is 5.75 Å². The highest BCUT2D eigenvalue weighted by Crippen LogP contribution is 2.24. The van der Waals surface area contributed by atoms with Crippen molar-refractivity contribution in [3.05, 3.63) is 58.3 Å². The predicted octanol–water partition coefficient (Wildman–Crippen LogP) is 3.98. The molecule has 2 rings (SSSR count). The molecule has 1 amide bonds. The number of aromatic nitrogens is 1. The number of hydrogen-bond acceptors (Lipinski definition) is 3. The summed E-state index contributed by atoms with van der Waals surface area (Å²) in [4.78, 5) is 16.4. The highest BCUT2D eigenvalue weighted by Gasteiger charge is 2.19. The van der Waals surface area contributed by atoms with Gasteiger partial charge in [-0.15, -0.1) is 0 Å². The Hall–Kier alpha value is -1.88. The summed E-state index contributed by atoms with van der Waals surface area (Å²) in [6.45, 7) is 4.16.